The summed E-state index contributed by atoms with van der Waals surface area (Å²) in [7, 11) is 0. The molecule has 4 aromatic rings. The van der Waals surface area contributed by atoms with Crippen LogP contribution in [0.1, 0.15) is 46.6 Å². The molecule has 0 radical (unpaired) electrons. The number of nitrogens with one attached hydrogen (secondary N) is 1. The lowest BCUT2D eigenvalue weighted by Crippen LogP contribution is -2.31. The quantitative estimate of drug-likeness (QED) is 0.440. The van der Waals surface area contributed by atoms with Crippen LogP contribution < -0.4 is 0 Å². The predicted molar refractivity (Wildman–Crippen MR) is 118 cm³/mol. The molecule has 1 saturated heterocycles. The van der Waals surface area contributed by atoms with E-state index in [9.17, 15) is 9.18 Å². The van der Waals surface area contributed by atoms with Gasteiger partial charge in [-0.05, 0) is 54.8 Å². The third kappa shape index (κ3) is 4.03. The number of amides is 1. The molecule has 0 spiro atoms. The number of H-pyrrole nitrogens is 1. The van der Waals surface area contributed by atoms with Gasteiger partial charge in [0.05, 0.1) is 11.9 Å². The zero-order chi connectivity index (χ0) is 22.1. The number of nitrogens with zero attached hydrogens (tertiary/aromatic N) is 3. The van der Waals surface area contributed by atoms with Gasteiger partial charge >= 0.3 is 0 Å². The van der Waals surface area contributed by atoms with Crippen molar-refractivity contribution in [1.82, 2.24) is 20.1 Å². The van der Waals surface area contributed by atoms with E-state index in [1.165, 1.54) is 12.1 Å². The van der Waals surface area contributed by atoms with Gasteiger partial charge in [0.2, 0.25) is 5.89 Å². The Morgan fingerprint density at radius 1 is 1.22 bits per heavy atom. The van der Waals surface area contributed by atoms with Crippen molar-refractivity contribution in [3.05, 3.63) is 94.5 Å². The largest absolute Gasteiger partial charge is 0.443 e. The Balaban J connectivity index is 1.33. The third-order valence-corrected chi connectivity index (χ3v) is 6.01. The van der Waals surface area contributed by atoms with Gasteiger partial charge in [0.1, 0.15) is 23.3 Å². The summed E-state index contributed by atoms with van der Waals surface area (Å²) in [5, 5.41) is 7.71. The highest BCUT2D eigenvalue weighted by Crippen LogP contribution is 2.33. The number of carbonyl (C=O) groups is 1. The molecule has 8 heteroatoms. The molecular weight excluding hydrogens is 431 g/mol. The van der Waals surface area contributed by atoms with Crippen LogP contribution in [-0.4, -0.2) is 32.5 Å². The maximum Gasteiger partial charge on any atom is 0.272 e. The van der Waals surface area contributed by atoms with Crippen LogP contribution in [-0.2, 0) is 6.42 Å². The minimum Gasteiger partial charge on any atom is -0.443 e. The maximum absolute atomic E-state index is 13.2. The minimum atomic E-state index is -0.319. The van der Waals surface area contributed by atoms with Gasteiger partial charge in [-0.2, -0.15) is 5.10 Å². The highest BCUT2D eigenvalue weighted by Gasteiger charge is 2.34. The van der Waals surface area contributed by atoms with Crippen LogP contribution in [0.3, 0.4) is 0 Å². The molecule has 0 aliphatic carbocycles. The number of oxazole rings is 1. The lowest BCUT2D eigenvalue weighted by Gasteiger charge is -2.21. The van der Waals surface area contributed by atoms with Gasteiger partial charge in [0.25, 0.3) is 5.91 Å². The molecule has 1 N–H and O–H groups in total. The highest BCUT2D eigenvalue weighted by molar-refractivity contribution is 6.31. The van der Waals surface area contributed by atoms with E-state index < -0.39 is 0 Å². The number of halogens is 2. The summed E-state index contributed by atoms with van der Waals surface area (Å²) in [6, 6.07) is 15.1. The molecule has 32 heavy (non-hydrogen) atoms. The van der Waals surface area contributed by atoms with Crippen molar-refractivity contribution in [2.75, 3.05) is 6.54 Å². The standard InChI is InChI=1S/C24H20ClFN4O2/c25-19-5-2-1-4-16(19)12-18-14-27-23(32-18)22-6-3-11-30(22)24(31)21-13-20(28-29-21)15-7-9-17(26)10-8-15/h1-2,4-5,7-10,13-14,22H,3,6,11-12H2,(H,28,29)/t22-/m0/s1. The Bertz CT molecular complexity index is 1250. The summed E-state index contributed by atoms with van der Waals surface area (Å²) < 4.78 is 19.2. The van der Waals surface area contributed by atoms with E-state index in [0.717, 1.165) is 24.0 Å². The molecule has 0 bridgehead atoms. The highest BCUT2D eigenvalue weighted by atomic mass is 35.5. The number of rotatable bonds is 5. The fraction of sp³-hybridized carbons (Fsp3) is 0.208. The fourth-order valence-corrected chi connectivity index (χ4v) is 4.21. The average Bonchev–Trinajstić information content (AvgIpc) is 3.56. The summed E-state index contributed by atoms with van der Waals surface area (Å²) in [6.45, 7) is 0.608. The van der Waals surface area contributed by atoms with Crippen LogP contribution in [0.4, 0.5) is 4.39 Å². The number of hydrogen-bond acceptors (Lipinski definition) is 4. The predicted octanol–water partition coefficient (Wildman–Crippen LogP) is 5.43. The Morgan fingerprint density at radius 2 is 2.03 bits per heavy atom. The topological polar surface area (TPSA) is 75.0 Å². The van der Waals surface area contributed by atoms with Crippen LogP contribution in [0.15, 0.2) is 65.2 Å². The van der Waals surface area contributed by atoms with Gasteiger partial charge in [0.15, 0.2) is 0 Å². The summed E-state index contributed by atoms with van der Waals surface area (Å²) in [6.07, 6.45) is 3.87. The van der Waals surface area contributed by atoms with Crippen LogP contribution in [0, 0.1) is 5.82 Å². The first-order chi connectivity index (χ1) is 15.6. The van der Waals surface area contributed by atoms with E-state index in [1.807, 2.05) is 24.3 Å². The molecule has 1 fully saturated rings. The van der Waals surface area contributed by atoms with E-state index in [4.69, 9.17) is 16.0 Å². The average molecular weight is 451 g/mol. The van der Waals surface area contributed by atoms with Gasteiger partial charge in [-0.25, -0.2) is 9.37 Å². The first kappa shape index (κ1) is 20.5. The zero-order valence-corrected chi connectivity index (χ0v) is 17.8. The number of hydrogen-bond donors (Lipinski definition) is 1. The van der Waals surface area contributed by atoms with Crippen molar-refractivity contribution in [1.29, 1.82) is 0 Å². The molecule has 1 aliphatic heterocycles. The first-order valence-corrected chi connectivity index (χ1v) is 10.8. The van der Waals surface area contributed by atoms with Crippen molar-refractivity contribution in [3.8, 4) is 11.3 Å². The molecule has 1 aliphatic rings. The monoisotopic (exact) mass is 450 g/mol. The van der Waals surface area contributed by atoms with Crippen molar-refractivity contribution in [2.45, 2.75) is 25.3 Å². The molecule has 3 heterocycles. The van der Waals surface area contributed by atoms with E-state index in [2.05, 4.69) is 15.2 Å². The maximum atomic E-state index is 13.2. The Labute approximate surface area is 189 Å². The molecule has 162 valence electrons. The molecule has 1 atom stereocenters. The van der Waals surface area contributed by atoms with Gasteiger partial charge in [-0.1, -0.05) is 29.8 Å². The number of aromatic amines is 1. The van der Waals surface area contributed by atoms with Crippen molar-refractivity contribution >= 4 is 17.5 Å². The van der Waals surface area contributed by atoms with E-state index in [1.54, 1.807) is 29.3 Å². The lowest BCUT2D eigenvalue weighted by atomic mass is 10.1. The SMILES string of the molecule is O=C(c1cc(-c2ccc(F)cc2)n[nH]1)N1CCC[C@H]1c1ncc(Cc2ccccc2Cl)o1. The van der Waals surface area contributed by atoms with Gasteiger partial charge < -0.3 is 9.32 Å². The lowest BCUT2D eigenvalue weighted by molar-refractivity contribution is 0.0708. The van der Waals surface area contributed by atoms with Crippen molar-refractivity contribution in [2.24, 2.45) is 0 Å². The smallest absolute Gasteiger partial charge is 0.272 e. The molecule has 5 rings (SSSR count). The Hall–Kier alpha value is -3.45. The zero-order valence-electron chi connectivity index (χ0n) is 17.1. The second-order valence-corrected chi connectivity index (χ2v) is 8.17. The van der Waals surface area contributed by atoms with E-state index in [0.29, 0.717) is 41.0 Å². The molecule has 0 saturated carbocycles. The molecule has 1 amide bonds. The molecule has 6 nitrogen and oxygen atoms in total. The van der Waals surface area contributed by atoms with Gasteiger partial charge in [-0.3, -0.25) is 9.89 Å². The van der Waals surface area contributed by atoms with E-state index in [-0.39, 0.29) is 17.8 Å². The van der Waals surface area contributed by atoms with Gasteiger partial charge in [-0.15, -0.1) is 0 Å². The van der Waals surface area contributed by atoms with Crippen molar-refractivity contribution in [3.63, 3.8) is 0 Å². The summed E-state index contributed by atoms with van der Waals surface area (Å²) in [4.78, 5) is 19.4. The summed E-state index contributed by atoms with van der Waals surface area (Å²) in [5.74, 6) is 0.739. The minimum absolute atomic E-state index is 0.167. The van der Waals surface area contributed by atoms with Crippen LogP contribution in [0.5, 0.6) is 0 Å². The van der Waals surface area contributed by atoms with Crippen LogP contribution >= 0.6 is 11.6 Å². The Kier molecular flexibility index (Phi) is 5.49. The number of aromatic nitrogens is 3. The summed E-state index contributed by atoms with van der Waals surface area (Å²) in [5.41, 5.74) is 2.65. The van der Waals surface area contributed by atoms with E-state index >= 15 is 0 Å². The second-order valence-electron chi connectivity index (χ2n) is 7.76. The molecule has 2 aromatic carbocycles. The fourth-order valence-electron chi connectivity index (χ4n) is 4.01. The number of likely N-dealkylation sites (tertiary alicyclic amines) is 1. The van der Waals surface area contributed by atoms with Gasteiger partial charge in [0, 0.05) is 23.6 Å². The summed E-state index contributed by atoms with van der Waals surface area (Å²) >= 11 is 6.25. The van der Waals surface area contributed by atoms with Crippen LogP contribution in [0.25, 0.3) is 11.3 Å². The number of carbonyl (C=O) groups excluding carboxylic acids is 1. The normalized spacial score (nSPS) is 15.9. The molecule has 2 aromatic heterocycles. The number of benzene rings is 2. The van der Waals surface area contributed by atoms with Crippen LogP contribution in [0.2, 0.25) is 5.02 Å². The molecular formula is C24H20ClFN4O2. The first-order valence-electron chi connectivity index (χ1n) is 10.4. The second kappa shape index (κ2) is 8.59. The van der Waals surface area contributed by atoms with Crippen molar-refractivity contribution < 1.29 is 13.6 Å². The molecule has 0 unspecified atom stereocenters. The Morgan fingerprint density at radius 3 is 2.84 bits per heavy atom. The third-order valence-electron chi connectivity index (χ3n) is 5.64.